The monoisotopic (exact) mass is 303 g/mol. The third kappa shape index (κ3) is 3.22. The minimum Gasteiger partial charge on any atom is -0.496 e. The highest BCUT2D eigenvalue weighted by Gasteiger charge is 2.18. The second-order valence-corrected chi connectivity index (χ2v) is 5.83. The first-order valence-electron chi connectivity index (χ1n) is 7.06. The van der Waals surface area contributed by atoms with E-state index in [1.54, 1.807) is 7.11 Å². The minimum absolute atomic E-state index is 0.0720. The van der Waals surface area contributed by atoms with Crippen LogP contribution < -0.4 is 10.1 Å². The van der Waals surface area contributed by atoms with Crippen molar-refractivity contribution in [3.8, 4) is 5.75 Å². The van der Waals surface area contributed by atoms with Crippen LogP contribution in [0.1, 0.15) is 33.9 Å². The van der Waals surface area contributed by atoms with E-state index in [9.17, 15) is 0 Å². The Labute approximate surface area is 132 Å². The molecule has 112 valence electrons. The summed E-state index contributed by atoms with van der Waals surface area (Å²) in [5, 5.41) is 4.17. The number of hydrogen-bond donors (Lipinski definition) is 1. The second-order valence-electron chi connectivity index (χ2n) is 5.43. The Bertz CT molecular complexity index is 652. The molecule has 0 spiro atoms. The maximum absolute atomic E-state index is 6.44. The van der Waals surface area contributed by atoms with Crippen LogP contribution in [0.15, 0.2) is 30.3 Å². The molecular weight excluding hydrogens is 282 g/mol. The molecular formula is C18H22ClNO. The standard InChI is InChI=1S/C18H22ClNO/c1-11-6-7-14(16(19)8-11)18(20-4)15-9-13(3)17(21-5)10-12(15)2/h6-10,18,20H,1-5H3. The van der Waals surface area contributed by atoms with Crippen molar-refractivity contribution in [1.29, 1.82) is 0 Å². The summed E-state index contributed by atoms with van der Waals surface area (Å²) in [7, 11) is 3.66. The molecule has 0 aliphatic heterocycles. The van der Waals surface area contributed by atoms with Crippen LogP contribution in [0.3, 0.4) is 0 Å². The van der Waals surface area contributed by atoms with Gasteiger partial charge in [-0.1, -0.05) is 29.8 Å². The molecule has 0 aliphatic carbocycles. The largest absolute Gasteiger partial charge is 0.496 e. The Kier molecular flexibility index (Phi) is 4.92. The first-order valence-corrected chi connectivity index (χ1v) is 7.44. The summed E-state index contributed by atoms with van der Waals surface area (Å²) in [5.74, 6) is 0.918. The predicted octanol–water partition coefficient (Wildman–Crippen LogP) is 4.58. The molecule has 0 heterocycles. The summed E-state index contributed by atoms with van der Waals surface area (Å²) >= 11 is 6.44. The first kappa shape index (κ1) is 15.9. The fraction of sp³-hybridized carbons (Fsp3) is 0.333. The van der Waals surface area contributed by atoms with Crippen molar-refractivity contribution in [1.82, 2.24) is 5.32 Å². The quantitative estimate of drug-likeness (QED) is 0.892. The van der Waals surface area contributed by atoms with Crippen LogP contribution >= 0.6 is 11.6 Å². The summed E-state index contributed by atoms with van der Waals surface area (Å²) in [6.07, 6.45) is 0. The Morgan fingerprint density at radius 2 is 1.71 bits per heavy atom. The molecule has 0 aliphatic rings. The van der Waals surface area contributed by atoms with Crippen LogP contribution in [0.25, 0.3) is 0 Å². The summed E-state index contributed by atoms with van der Waals surface area (Å²) in [6, 6.07) is 10.5. The van der Waals surface area contributed by atoms with Gasteiger partial charge in [-0.2, -0.15) is 0 Å². The van der Waals surface area contributed by atoms with Crippen LogP contribution in [0, 0.1) is 20.8 Å². The number of nitrogens with one attached hydrogen (secondary N) is 1. The molecule has 2 aromatic carbocycles. The molecule has 2 rings (SSSR count). The number of hydrogen-bond acceptors (Lipinski definition) is 2. The summed E-state index contributed by atoms with van der Waals surface area (Å²) < 4.78 is 5.39. The second kappa shape index (κ2) is 6.50. The van der Waals surface area contributed by atoms with E-state index in [1.165, 1.54) is 16.7 Å². The highest BCUT2D eigenvalue weighted by Crippen LogP contribution is 2.33. The average molecular weight is 304 g/mol. The van der Waals surface area contributed by atoms with E-state index < -0.39 is 0 Å². The molecule has 0 bridgehead atoms. The lowest BCUT2D eigenvalue weighted by Gasteiger charge is -2.22. The van der Waals surface area contributed by atoms with Gasteiger partial charge in [0, 0.05) is 5.02 Å². The van der Waals surface area contributed by atoms with Gasteiger partial charge in [-0.25, -0.2) is 0 Å². The smallest absolute Gasteiger partial charge is 0.122 e. The number of benzene rings is 2. The average Bonchev–Trinajstić information content (AvgIpc) is 2.45. The van der Waals surface area contributed by atoms with E-state index in [2.05, 4.69) is 43.4 Å². The maximum atomic E-state index is 6.44. The lowest BCUT2D eigenvalue weighted by Crippen LogP contribution is -2.19. The number of ether oxygens (including phenoxy) is 1. The normalized spacial score (nSPS) is 12.3. The Morgan fingerprint density at radius 3 is 2.29 bits per heavy atom. The van der Waals surface area contributed by atoms with E-state index >= 15 is 0 Å². The van der Waals surface area contributed by atoms with Crippen molar-refractivity contribution < 1.29 is 4.74 Å². The van der Waals surface area contributed by atoms with Gasteiger partial charge in [0.2, 0.25) is 0 Å². The summed E-state index contributed by atoms with van der Waals surface area (Å²) in [6.45, 7) is 6.21. The fourth-order valence-electron chi connectivity index (χ4n) is 2.69. The first-order chi connectivity index (χ1) is 9.97. The molecule has 2 aromatic rings. The maximum Gasteiger partial charge on any atom is 0.122 e. The molecule has 1 N–H and O–H groups in total. The van der Waals surface area contributed by atoms with Crippen molar-refractivity contribution >= 4 is 11.6 Å². The van der Waals surface area contributed by atoms with Crippen molar-refractivity contribution in [3.63, 3.8) is 0 Å². The molecule has 3 heteroatoms. The number of halogens is 1. The highest BCUT2D eigenvalue weighted by molar-refractivity contribution is 6.31. The van der Waals surface area contributed by atoms with Gasteiger partial charge in [0.15, 0.2) is 0 Å². The SMILES string of the molecule is CNC(c1cc(C)c(OC)cc1C)c1ccc(C)cc1Cl. The molecule has 0 aromatic heterocycles. The van der Waals surface area contributed by atoms with Gasteiger partial charge in [-0.05, 0) is 67.8 Å². The predicted molar refractivity (Wildman–Crippen MR) is 89.6 cm³/mol. The molecule has 0 fully saturated rings. The van der Waals surface area contributed by atoms with Crippen LogP contribution in [0.4, 0.5) is 0 Å². The van der Waals surface area contributed by atoms with Gasteiger partial charge in [0.25, 0.3) is 0 Å². The van der Waals surface area contributed by atoms with Gasteiger partial charge in [0.1, 0.15) is 5.75 Å². The molecule has 0 amide bonds. The van der Waals surface area contributed by atoms with Crippen LogP contribution in [0.5, 0.6) is 5.75 Å². The van der Waals surface area contributed by atoms with Gasteiger partial charge in [-0.3, -0.25) is 0 Å². The molecule has 0 radical (unpaired) electrons. The van der Waals surface area contributed by atoms with Gasteiger partial charge in [-0.15, -0.1) is 0 Å². The third-order valence-corrected chi connectivity index (χ3v) is 4.18. The van der Waals surface area contributed by atoms with Crippen LogP contribution in [0.2, 0.25) is 5.02 Å². The lowest BCUT2D eigenvalue weighted by atomic mass is 9.92. The third-order valence-electron chi connectivity index (χ3n) is 3.85. The van der Waals surface area contributed by atoms with Crippen LogP contribution in [-0.2, 0) is 0 Å². The van der Waals surface area contributed by atoms with Crippen molar-refractivity contribution in [2.45, 2.75) is 26.8 Å². The Morgan fingerprint density at radius 1 is 1.00 bits per heavy atom. The van der Waals surface area contributed by atoms with Crippen molar-refractivity contribution in [3.05, 3.63) is 63.2 Å². The molecule has 0 saturated heterocycles. The van der Waals surface area contributed by atoms with Crippen molar-refractivity contribution in [2.75, 3.05) is 14.2 Å². The molecule has 21 heavy (non-hydrogen) atoms. The lowest BCUT2D eigenvalue weighted by molar-refractivity contribution is 0.411. The number of methoxy groups -OCH3 is 1. The van der Waals surface area contributed by atoms with E-state index in [4.69, 9.17) is 16.3 Å². The topological polar surface area (TPSA) is 21.3 Å². The molecule has 2 nitrogen and oxygen atoms in total. The minimum atomic E-state index is 0.0720. The van der Waals surface area contributed by atoms with Gasteiger partial charge >= 0.3 is 0 Å². The molecule has 0 saturated carbocycles. The van der Waals surface area contributed by atoms with Gasteiger partial charge < -0.3 is 10.1 Å². The van der Waals surface area contributed by atoms with E-state index in [-0.39, 0.29) is 6.04 Å². The zero-order valence-corrected chi connectivity index (χ0v) is 14.0. The zero-order chi connectivity index (χ0) is 15.6. The highest BCUT2D eigenvalue weighted by atomic mass is 35.5. The van der Waals surface area contributed by atoms with Crippen LogP contribution in [-0.4, -0.2) is 14.2 Å². The Balaban J connectivity index is 2.53. The summed E-state index contributed by atoms with van der Waals surface area (Å²) in [5.41, 5.74) is 5.80. The Hall–Kier alpha value is -1.51. The van der Waals surface area contributed by atoms with E-state index in [1.807, 2.05) is 20.0 Å². The van der Waals surface area contributed by atoms with E-state index in [0.29, 0.717) is 0 Å². The molecule has 1 unspecified atom stereocenters. The number of rotatable bonds is 4. The van der Waals surface area contributed by atoms with Crippen molar-refractivity contribution in [2.24, 2.45) is 0 Å². The van der Waals surface area contributed by atoms with E-state index in [0.717, 1.165) is 21.9 Å². The fourth-order valence-corrected chi connectivity index (χ4v) is 3.03. The molecule has 1 atom stereocenters. The van der Waals surface area contributed by atoms with Gasteiger partial charge in [0.05, 0.1) is 13.2 Å². The zero-order valence-electron chi connectivity index (χ0n) is 13.3. The summed E-state index contributed by atoms with van der Waals surface area (Å²) in [4.78, 5) is 0. The number of aryl methyl sites for hydroxylation is 3.